The monoisotopic (exact) mass is 403 g/mol. The molecule has 0 bridgehead atoms. The van der Waals surface area contributed by atoms with E-state index in [9.17, 15) is 8.42 Å². The molecular weight excluding hydrogens is 390 g/mol. The molecular formula is C15H15BrClNO3S. The Labute approximate surface area is 143 Å². The van der Waals surface area contributed by atoms with Crippen LogP contribution in [0.25, 0.3) is 0 Å². The van der Waals surface area contributed by atoms with Gasteiger partial charge in [0, 0.05) is 10.5 Å². The molecule has 2 rings (SSSR count). The second-order valence-electron chi connectivity index (χ2n) is 4.69. The van der Waals surface area contributed by atoms with Crippen molar-refractivity contribution in [2.45, 2.75) is 17.9 Å². The Balaban J connectivity index is 2.23. The lowest BCUT2D eigenvalue weighted by Gasteiger charge is -2.15. The lowest BCUT2D eigenvalue weighted by atomic mass is 10.1. The van der Waals surface area contributed by atoms with Gasteiger partial charge in [-0.1, -0.05) is 39.7 Å². The molecule has 4 nitrogen and oxygen atoms in total. The third-order valence-corrected chi connectivity index (χ3v) is 5.50. The molecule has 0 saturated carbocycles. The van der Waals surface area contributed by atoms with Crippen LogP contribution in [0.3, 0.4) is 0 Å². The molecule has 0 aromatic heterocycles. The largest absolute Gasteiger partial charge is 0.495 e. The number of hydrogen-bond donors (Lipinski definition) is 1. The molecule has 7 heteroatoms. The molecule has 0 spiro atoms. The molecule has 0 amide bonds. The molecule has 0 unspecified atom stereocenters. The number of sulfonamides is 1. The summed E-state index contributed by atoms with van der Waals surface area (Å²) in [4.78, 5) is 0.0993. The fourth-order valence-electron chi connectivity index (χ4n) is 1.93. The Bertz CT molecular complexity index is 763. The second-order valence-corrected chi connectivity index (χ2v) is 7.73. The minimum absolute atomic E-state index is 0.0993. The average molecular weight is 405 g/mol. The third kappa shape index (κ3) is 4.01. The van der Waals surface area contributed by atoms with Crippen molar-refractivity contribution in [2.24, 2.45) is 0 Å². The number of rotatable bonds is 5. The van der Waals surface area contributed by atoms with E-state index in [4.69, 9.17) is 16.3 Å². The van der Waals surface area contributed by atoms with Crippen LogP contribution in [-0.2, 0) is 10.0 Å². The molecule has 1 atom stereocenters. The Morgan fingerprint density at radius 2 is 1.82 bits per heavy atom. The van der Waals surface area contributed by atoms with E-state index in [0.717, 1.165) is 10.0 Å². The van der Waals surface area contributed by atoms with Crippen LogP contribution in [0.2, 0.25) is 5.02 Å². The predicted molar refractivity (Wildman–Crippen MR) is 90.9 cm³/mol. The summed E-state index contributed by atoms with van der Waals surface area (Å²) in [6.07, 6.45) is 0. The summed E-state index contributed by atoms with van der Waals surface area (Å²) in [5.41, 5.74) is 0.867. The molecule has 2 aromatic carbocycles. The zero-order chi connectivity index (χ0) is 16.3. The van der Waals surface area contributed by atoms with Gasteiger partial charge in [0.25, 0.3) is 0 Å². The van der Waals surface area contributed by atoms with E-state index in [1.807, 2.05) is 24.3 Å². The van der Waals surface area contributed by atoms with Crippen LogP contribution in [0.4, 0.5) is 0 Å². The summed E-state index contributed by atoms with van der Waals surface area (Å²) in [5, 5.41) is 0.252. The van der Waals surface area contributed by atoms with Gasteiger partial charge < -0.3 is 4.74 Å². The number of methoxy groups -OCH3 is 1. The Morgan fingerprint density at radius 3 is 2.36 bits per heavy atom. The summed E-state index contributed by atoms with van der Waals surface area (Å²) in [6.45, 7) is 1.78. The SMILES string of the molecule is COc1ccc(S(=O)(=O)N[C@@H](C)c2ccc(Br)cc2)cc1Cl. The molecule has 0 fully saturated rings. The quantitative estimate of drug-likeness (QED) is 0.814. The van der Waals surface area contributed by atoms with Gasteiger partial charge in [-0.25, -0.2) is 13.1 Å². The second kappa shape index (κ2) is 7.00. The maximum absolute atomic E-state index is 12.4. The fraction of sp³-hybridized carbons (Fsp3) is 0.200. The van der Waals surface area contributed by atoms with Crippen LogP contribution in [0.15, 0.2) is 51.8 Å². The smallest absolute Gasteiger partial charge is 0.241 e. The number of halogens is 2. The van der Waals surface area contributed by atoms with Crippen LogP contribution in [-0.4, -0.2) is 15.5 Å². The van der Waals surface area contributed by atoms with E-state index >= 15 is 0 Å². The van der Waals surface area contributed by atoms with E-state index in [1.54, 1.807) is 6.92 Å². The molecule has 0 heterocycles. The van der Waals surface area contributed by atoms with E-state index in [-0.39, 0.29) is 16.0 Å². The van der Waals surface area contributed by atoms with Gasteiger partial charge in [-0.15, -0.1) is 0 Å². The molecule has 118 valence electrons. The first kappa shape index (κ1) is 17.3. The zero-order valence-electron chi connectivity index (χ0n) is 12.0. The molecule has 0 radical (unpaired) electrons. The van der Waals surface area contributed by atoms with Gasteiger partial charge in [0.1, 0.15) is 5.75 Å². The van der Waals surface area contributed by atoms with Gasteiger partial charge in [-0.3, -0.25) is 0 Å². The van der Waals surface area contributed by atoms with Gasteiger partial charge in [0.2, 0.25) is 10.0 Å². The third-order valence-electron chi connectivity index (χ3n) is 3.14. The topological polar surface area (TPSA) is 55.4 Å². The highest BCUT2D eigenvalue weighted by molar-refractivity contribution is 9.10. The number of hydrogen-bond acceptors (Lipinski definition) is 3. The molecule has 0 aliphatic rings. The van der Waals surface area contributed by atoms with E-state index < -0.39 is 10.0 Å². The lowest BCUT2D eigenvalue weighted by molar-refractivity contribution is 0.414. The first-order chi connectivity index (χ1) is 10.3. The Hall–Kier alpha value is -1.08. The zero-order valence-corrected chi connectivity index (χ0v) is 15.2. The lowest BCUT2D eigenvalue weighted by Crippen LogP contribution is -2.26. The molecule has 22 heavy (non-hydrogen) atoms. The summed E-state index contributed by atoms with van der Waals surface area (Å²) < 4.78 is 33.4. The summed E-state index contributed by atoms with van der Waals surface area (Å²) in [7, 11) is -2.19. The van der Waals surface area contributed by atoms with Crippen LogP contribution < -0.4 is 9.46 Å². The normalized spacial score (nSPS) is 12.9. The molecule has 0 saturated heterocycles. The predicted octanol–water partition coefficient (Wildman–Crippen LogP) is 4.15. The Kier molecular flexibility index (Phi) is 5.50. The highest BCUT2D eigenvalue weighted by atomic mass is 79.9. The van der Waals surface area contributed by atoms with Gasteiger partial charge >= 0.3 is 0 Å². The minimum atomic E-state index is -3.67. The van der Waals surface area contributed by atoms with E-state index in [2.05, 4.69) is 20.7 Å². The first-order valence-electron chi connectivity index (χ1n) is 6.45. The fourth-order valence-corrected chi connectivity index (χ4v) is 3.78. The van der Waals surface area contributed by atoms with Crippen LogP contribution in [0, 0.1) is 0 Å². The van der Waals surface area contributed by atoms with Crippen LogP contribution in [0.5, 0.6) is 5.75 Å². The highest BCUT2D eigenvalue weighted by Gasteiger charge is 2.19. The van der Waals surface area contributed by atoms with Gasteiger partial charge in [0.05, 0.1) is 17.0 Å². The van der Waals surface area contributed by atoms with Crippen LogP contribution in [0.1, 0.15) is 18.5 Å². The maximum Gasteiger partial charge on any atom is 0.241 e. The van der Waals surface area contributed by atoms with Crippen molar-refractivity contribution in [1.82, 2.24) is 4.72 Å². The van der Waals surface area contributed by atoms with Gasteiger partial charge in [0.15, 0.2) is 0 Å². The van der Waals surface area contributed by atoms with E-state index in [0.29, 0.717) is 5.75 Å². The average Bonchev–Trinajstić information content (AvgIpc) is 2.47. The van der Waals surface area contributed by atoms with Gasteiger partial charge in [-0.05, 0) is 42.8 Å². The minimum Gasteiger partial charge on any atom is -0.495 e. The molecule has 1 N–H and O–H groups in total. The van der Waals surface area contributed by atoms with Crippen molar-refractivity contribution in [3.05, 3.63) is 57.5 Å². The number of benzene rings is 2. The summed E-state index contributed by atoms with van der Waals surface area (Å²) >= 11 is 9.33. The van der Waals surface area contributed by atoms with Crippen molar-refractivity contribution in [2.75, 3.05) is 7.11 Å². The summed E-state index contributed by atoms with van der Waals surface area (Å²) in [6, 6.07) is 11.4. The van der Waals surface area contributed by atoms with Crippen molar-refractivity contribution < 1.29 is 13.2 Å². The van der Waals surface area contributed by atoms with Crippen LogP contribution >= 0.6 is 27.5 Å². The standard InChI is InChI=1S/C15H15BrClNO3S/c1-10(11-3-5-12(16)6-4-11)18-22(19,20)13-7-8-15(21-2)14(17)9-13/h3-10,18H,1-2H3/t10-/m0/s1. The van der Waals surface area contributed by atoms with Crippen molar-refractivity contribution >= 4 is 37.6 Å². The molecule has 0 aliphatic carbocycles. The maximum atomic E-state index is 12.4. The van der Waals surface area contributed by atoms with Crippen molar-refractivity contribution in [3.63, 3.8) is 0 Å². The Morgan fingerprint density at radius 1 is 1.18 bits per heavy atom. The van der Waals surface area contributed by atoms with Crippen molar-refractivity contribution in [3.8, 4) is 5.75 Å². The van der Waals surface area contributed by atoms with Gasteiger partial charge in [-0.2, -0.15) is 0 Å². The highest BCUT2D eigenvalue weighted by Crippen LogP contribution is 2.27. The molecule has 0 aliphatic heterocycles. The first-order valence-corrected chi connectivity index (χ1v) is 9.10. The number of nitrogens with one attached hydrogen (secondary N) is 1. The summed E-state index contributed by atoms with van der Waals surface area (Å²) in [5.74, 6) is 0.432. The number of ether oxygens (including phenoxy) is 1. The molecule has 2 aromatic rings. The van der Waals surface area contributed by atoms with E-state index in [1.165, 1.54) is 25.3 Å². The van der Waals surface area contributed by atoms with Crippen molar-refractivity contribution in [1.29, 1.82) is 0 Å².